The molecule has 4 heteroatoms. The third-order valence-electron chi connectivity index (χ3n) is 3.00. The van der Waals surface area contributed by atoms with Crippen LogP contribution in [0.25, 0.3) is 0 Å². The molecular formula is C14H20N2O2. The summed E-state index contributed by atoms with van der Waals surface area (Å²) in [5.41, 5.74) is 0.792. The molecule has 1 aromatic carbocycles. The second kappa shape index (κ2) is 6.28. The maximum atomic E-state index is 11.7. The molecule has 1 fully saturated rings. The summed E-state index contributed by atoms with van der Waals surface area (Å²) in [5.74, 6) is 0.810. The molecule has 0 radical (unpaired) electrons. The van der Waals surface area contributed by atoms with Crippen molar-refractivity contribution < 1.29 is 9.53 Å². The van der Waals surface area contributed by atoms with E-state index in [0.717, 1.165) is 50.4 Å². The zero-order valence-corrected chi connectivity index (χ0v) is 10.8. The van der Waals surface area contributed by atoms with Gasteiger partial charge >= 0.3 is 6.03 Å². The zero-order chi connectivity index (χ0) is 12.8. The molecule has 1 aliphatic heterocycles. The van der Waals surface area contributed by atoms with Crippen molar-refractivity contribution in [1.82, 2.24) is 4.90 Å². The summed E-state index contributed by atoms with van der Waals surface area (Å²) in [7, 11) is 0. The zero-order valence-electron chi connectivity index (χ0n) is 10.8. The lowest BCUT2D eigenvalue weighted by atomic mass is 10.2. The fraction of sp³-hybridized carbons (Fsp3) is 0.500. The van der Waals surface area contributed by atoms with E-state index in [2.05, 4.69) is 12.2 Å². The van der Waals surface area contributed by atoms with Crippen LogP contribution < -0.4 is 10.1 Å². The summed E-state index contributed by atoms with van der Waals surface area (Å²) in [4.78, 5) is 13.5. The highest BCUT2D eigenvalue weighted by atomic mass is 16.5. The van der Waals surface area contributed by atoms with E-state index in [0.29, 0.717) is 0 Å². The predicted octanol–water partition coefficient (Wildman–Crippen LogP) is 3.10. The van der Waals surface area contributed by atoms with Gasteiger partial charge in [-0.05, 0) is 25.0 Å². The Balaban J connectivity index is 1.87. The van der Waals surface area contributed by atoms with Gasteiger partial charge in [-0.15, -0.1) is 0 Å². The molecule has 2 amide bonds. The molecule has 0 unspecified atom stereocenters. The summed E-state index contributed by atoms with van der Waals surface area (Å²) in [6.07, 6.45) is 3.27. The molecule has 1 aliphatic rings. The first-order valence-corrected chi connectivity index (χ1v) is 6.58. The molecule has 18 heavy (non-hydrogen) atoms. The van der Waals surface area contributed by atoms with Gasteiger partial charge in [0.15, 0.2) is 0 Å². The summed E-state index contributed by atoms with van der Waals surface area (Å²) in [6, 6.07) is 7.53. The number of carbonyl (C=O) groups excluding carboxylic acids is 1. The van der Waals surface area contributed by atoms with Gasteiger partial charge in [0, 0.05) is 24.8 Å². The number of nitrogens with zero attached hydrogens (tertiary/aromatic N) is 1. The Morgan fingerprint density at radius 2 is 2.28 bits per heavy atom. The van der Waals surface area contributed by atoms with Crippen molar-refractivity contribution in [3.63, 3.8) is 0 Å². The van der Waals surface area contributed by atoms with Crippen LogP contribution in [0, 0.1) is 0 Å². The maximum Gasteiger partial charge on any atom is 0.321 e. The van der Waals surface area contributed by atoms with E-state index in [1.54, 1.807) is 4.90 Å². The van der Waals surface area contributed by atoms with Crippen LogP contribution >= 0.6 is 0 Å². The molecule has 1 heterocycles. The summed E-state index contributed by atoms with van der Waals surface area (Å²) >= 11 is 0. The van der Waals surface area contributed by atoms with Crippen molar-refractivity contribution >= 4 is 11.7 Å². The van der Waals surface area contributed by atoms with Crippen LogP contribution in [0.3, 0.4) is 0 Å². The first-order valence-electron chi connectivity index (χ1n) is 6.58. The van der Waals surface area contributed by atoms with E-state index in [9.17, 15) is 4.79 Å². The molecule has 2 rings (SSSR count). The van der Waals surface area contributed by atoms with Crippen molar-refractivity contribution in [2.24, 2.45) is 0 Å². The van der Waals surface area contributed by atoms with Gasteiger partial charge < -0.3 is 15.0 Å². The minimum Gasteiger partial charge on any atom is -0.494 e. The number of benzene rings is 1. The molecule has 0 bridgehead atoms. The number of likely N-dealkylation sites (tertiary alicyclic amines) is 1. The lowest BCUT2D eigenvalue weighted by Gasteiger charge is -2.30. The fourth-order valence-corrected chi connectivity index (χ4v) is 1.72. The molecule has 4 nitrogen and oxygen atoms in total. The number of anilines is 1. The van der Waals surface area contributed by atoms with E-state index >= 15 is 0 Å². The van der Waals surface area contributed by atoms with Gasteiger partial charge in [-0.1, -0.05) is 19.4 Å². The smallest absolute Gasteiger partial charge is 0.321 e. The molecule has 0 spiro atoms. The number of nitrogens with one attached hydrogen (secondary N) is 1. The first-order chi connectivity index (χ1) is 8.79. The monoisotopic (exact) mass is 248 g/mol. The van der Waals surface area contributed by atoms with Crippen molar-refractivity contribution in [2.75, 3.05) is 25.0 Å². The molecule has 0 aliphatic carbocycles. The maximum absolute atomic E-state index is 11.7. The highest BCUT2D eigenvalue weighted by Crippen LogP contribution is 2.19. The third kappa shape index (κ3) is 3.39. The predicted molar refractivity (Wildman–Crippen MR) is 72.1 cm³/mol. The van der Waals surface area contributed by atoms with Gasteiger partial charge in [-0.25, -0.2) is 4.79 Å². The van der Waals surface area contributed by atoms with E-state index in [1.807, 2.05) is 24.3 Å². The van der Waals surface area contributed by atoms with Gasteiger partial charge in [-0.2, -0.15) is 0 Å². The van der Waals surface area contributed by atoms with Crippen LogP contribution in [0.5, 0.6) is 5.75 Å². The fourth-order valence-electron chi connectivity index (χ4n) is 1.72. The highest BCUT2D eigenvalue weighted by Gasteiger charge is 2.19. The van der Waals surface area contributed by atoms with E-state index in [1.165, 1.54) is 0 Å². The molecule has 1 saturated heterocycles. The molecule has 1 N–H and O–H groups in total. The number of ether oxygens (including phenoxy) is 1. The number of hydrogen-bond acceptors (Lipinski definition) is 2. The van der Waals surface area contributed by atoms with Crippen LogP contribution in [0.15, 0.2) is 24.3 Å². The van der Waals surface area contributed by atoms with Gasteiger partial charge in [0.2, 0.25) is 0 Å². The lowest BCUT2D eigenvalue weighted by Crippen LogP contribution is -2.44. The summed E-state index contributed by atoms with van der Waals surface area (Å²) in [5, 5.41) is 2.88. The van der Waals surface area contributed by atoms with Gasteiger partial charge in [0.05, 0.1) is 6.61 Å². The normalized spacial score (nSPS) is 13.9. The number of amides is 2. The number of rotatable bonds is 5. The Kier molecular flexibility index (Phi) is 4.45. The van der Waals surface area contributed by atoms with Crippen LogP contribution in [-0.4, -0.2) is 30.6 Å². The van der Waals surface area contributed by atoms with Crippen molar-refractivity contribution in [3.8, 4) is 5.75 Å². The van der Waals surface area contributed by atoms with Crippen LogP contribution in [0.1, 0.15) is 26.2 Å². The van der Waals surface area contributed by atoms with E-state index in [-0.39, 0.29) is 6.03 Å². The van der Waals surface area contributed by atoms with Crippen molar-refractivity contribution in [1.29, 1.82) is 0 Å². The number of carbonyl (C=O) groups is 1. The number of urea groups is 1. The molecular weight excluding hydrogens is 228 g/mol. The molecule has 0 aromatic heterocycles. The number of unbranched alkanes of at least 4 members (excludes halogenated alkanes) is 1. The van der Waals surface area contributed by atoms with Gasteiger partial charge in [0.1, 0.15) is 5.75 Å². The Morgan fingerprint density at radius 1 is 1.44 bits per heavy atom. The minimum absolute atomic E-state index is 0.0213. The molecule has 0 saturated carbocycles. The average Bonchev–Trinajstić information content (AvgIpc) is 2.27. The third-order valence-corrected chi connectivity index (χ3v) is 3.00. The van der Waals surface area contributed by atoms with Crippen LogP contribution in [0.4, 0.5) is 10.5 Å². The van der Waals surface area contributed by atoms with Crippen molar-refractivity contribution in [2.45, 2.75) is 26.2 Å². The molecule has 1 aromatic rings. The second-order valence-electron chi connectivity index (χ2n) is 4.50. The van der Waals surface area contributed by atoms with Crippen molar-refractivity contribution in [3.05, 3.63) is 24.3 Å². The summed E-state index contributed by atoms with van der Waals surface area (Å²) in [6.45, 7) is 4.57. The average molecular weight is 248 g/mol. The molecule has 0 atom stereocenters. The first kappa shape index (κ1) is 12.7. The minimum atomic E-state index is -0.0213. The Bertz CT molecular complexity index is 403. The molecule has 98 valence electrons. The van der Waals surface area contributed by atoms with Crippen LogP contribution in [0.2, 0.25) is 0 Å². The topological polar surface area (TPSA) is 41.6 Å². The number of hydrogen-bond donors (Lipinski definition) is 1. The van der Waals surface area contributed by atoms with Crippen LogP contribution in [-0.2, 0) is 0 Å². The Labute approximate surface area is 108 Å². The quantitative estimate of drug-likeness (QED) is 0.813. The highest BCUT2D eigenvalue weighted by molar-refractivity contribution is 5.89. The second-order valence-corrected chi connectivity index (χ2v) is 4.50. The largest absolute Gasteiger partial charge is 0.494 e. The van der Waals surface area contributed by atoms with Gasteiger partial charge in [-0.3, -0.25) is 0 Å². The Hall–Kier alpha value is -1.71. The van der Waals surface area contributed by atoms with E-state index in [4.69, 9.17) is 4.74 Å². The standard InChI is InChI=1S/C14H20N2O2/c1-2-3-10-18-13-7-4-6-12(11-13)15-14(17)16-8-5-9-16/h4,6-7,11H,2-3,5,8-10H2,1H3,(H,15,17). The summed E-state index contributed by atoms with van der Waals surface area (Å²) < 4.78 is 5.60. The lowest BCUT2D eigenvalue weighted by molar-refractivity contribution is 0.181. The van der Waals surface area contributed by atoms with Gasteiger partial charge in [0.25, 0.3) is 0 Å². The SMILES string of the molecule is CCCCOc1cccc(NC(=O)N2CCC2)c1. The Morgan fingerprint density at radius 3 is 2.94 bits per heavy atom. The van der Waals surface area contributed by atoms with E-state index < -0.39 is 0 Å².